The monoisotopic (exact) mass is 273 g/mol. The third-order valence-electron chi connectivity index (χ3n) is 3.08. The molecule has 2 aromatic carbocycles. The van der Waals surface area contributed by atoms with Crippen LogP contribution in [0, 0.1) is 0 Å². The third-order valence-corrected chi connectivity index (χ3v) is 8.91. The van der Waals surface area contributed by atoms with Gasteiger partial charge >= 0.3 is 98.1 Å². The Labute approximate surface area is 98.2 Å². The Hall–Kier alpha value is -1.24. The fourth-order valence-electron chi connectivity index (χ4n) is 2.24. The first-order valence-corrected chi connectivity index (χ1v) is 10.1. The van der Waals surface area contributed by atoms with Crippen LogP contribution in [0.15, 0.2) is 48.5 Å². The second kappa shape index (κ2) is 3.38. The van der Waals surface area contributed by atoms with Crippen molar-refractivity contribution in [3.63, 3.8) is 0 Å². The van der Waals surface area contributed by atoms with Crippen molar-refractivity contribution in [3.8, 4) is 0 Å². The number of nitrogens with one attached hydrogen (secondary N) is 1. The molecule has 16 heavy (non-hydrogen) atoms. The SMILES string of the molecule is C[As+]1(N)c2ccccc2Nc2ccccc21. The summed E-state index contributed by atoms with van der Waals surface area (Å²) in [6.07, 6.45) is 0. The maximum absolute atomic E-state index is 6.63. The molecule has 0 fully saturated rings. The average molecular weight is 273 g/mol. The molecular formula is C13H14AsN2+. The van der Waals surface area contributed by atoms with Gasteiger partial charge in [-0.15, -0.1) is 0 Å². The van der Waals surface area contributed by atoms with E-state index in [9.17, 15) is 0 Å². The van der Waals surface area contributed by atoms with Gasteiger partial charge in [0.15, 0.2) is 0 Å². The van der Waals surface area contributed by atoms with Gasteiger partial charge in [0.25, 0.3) is 0 Å². The Morgan fingerprint density at radius 3 is 1.81 bits per heavy atom. The summed E-state index contributed by atoms with van der Waals surface area (Å²) in [6, 6.07) is 16.8. The first kappa shape index (κ1) is 9.95. The number of hydrogen-bond acceptors (Lipinski definition) is 2. The molecule has 3 rings (SSSR count). The molecule has 0 amide bonds. The number of fused-ring (bicyclic) bond motifs is 2. The summed E-state index contributed by atoms with van der Waals surface area (Å²) >= 11 is -2.37. The van der Waals surface area contributed by atoms with Gasteiger partial charge in [0.1, 0.15) is 0 Å². The van der Waals surface area contributed by atoms with Crippen LogP contribution in [-0.4, -0.2) is 13.8 Å². The molecule has 0 aliphatic carbocycles. The molecule has 3 N–H and O–H groups in total. The van der Waals surface area contributed by atoms with Gasteiger partial charge in [-0.3, -0.25) is 0 Å². The Morgan fingerprint density at radius 1 is 0.875 bits per heavy atom. The van der Waals surface area contributed by atoms with Crippen LogP contribution in [0.25, 0.3) is 0 Å². The predicted molar refractivity (Wildman–Crippen MR) is 71.2 cm³/mol. The van der Waals surface area contributed by atoms with Crippen molar-refractivity contribution in [3.05, 3.63) is 48.5 Å². The maximum atomic E-state index is 6.63. The van der Waals surface area contributed by atoms with Crippen LogP contribution >= 0.6 is 0 Å². The van der Waals surface area contributed by atoms with E-state index in [2.05, 4.69) is 59.6 Å². The van der Waals surface area contributed by atoms with E-state index in [4.69, 9.17) is 4.65 Å². The normalized spacial score (nSPS) is 15.9. The summed E-state index contributed by atoms with van der Waals surface area (Å²) in [5, 5.41) is 3.46. The topological polar surface area (TPSA) is 38.0 Å². The van der Waals surface area contributed by atoms with Gasteiger partial charge < -0.3 is 0 Å². The fraction of sp³-hybridized carbons (Fsp3) is 0.0769. The predicted octanol–water partition coefficient (Wildman–Crippen LogP) is 1.39. The molecule has 0 bridgehead atoms. The Bertz CT molecular complexity index is 502. The van der Waals surface area contributed by atoms with Crippen molar-refractivity contribution in [2.75, 3.05) is 5.32 Å². The van der Waals surface area contributed by atoms with Crippen molar-refractivity contribution < 1.29 is 0 Å². The molecule has 0 aromatic heterocycles. The summed E-state index contributed by atoms with van der Waals surface area (Å²) in [6.45, 7) is 0. The van der Waals surface area contributed by atoms with Crippen LogP contribution in [0.5, 0.6) is 0 Å². The minimum atomic E-state index is -2.37. The van der Waals surface area contributed by atoms with Crippen LogP contribution in [0.2, 0.25) is 5.71 Å². The molecule has 0 saturated heterocycles. The van der Waals surface area contributed by atoms with E-state index in [0.717, 1.165) is 0 Å². The third kappa shape index (κ3) is 1.31. The zero-order chi connectivity index (χ0) is 11.2. The molecule has 80 valence electrons. The Morgan fingerprint density at radius 2 is 1.31 bits per heavy atom. The zero-order valence-electron chi connectivity index (χ0n) is 9.14. The van der Waals surface area contributed by atoms with Crippen LogP contribution in [0.1, 0.15) is 0 Å². The molecule has 3 heteroatoms. The van der Waals surface area contributed by atoms with Crippen LogP contribution < -0.4 is 18.7 Å². The van der Waals surface area contributed by atoms with Crippen molar-refractivity contribution >= 4 is 33.9 Å². The first-order valence-electron chi connectivity index (χ1n) is 5.31. The average Bonchev–Trinajstić information content (AvgIpc) is 2.29. The number of nitrogens with two attached hydrogens (primary N) is 1. The zero-order valence-corrected chi connectivity index (χ0v) is 11.0. The summed E-state index contributed by atoms with van der Waals surface area (Å²) < 4.78 is 9.27. The first-order chi connectivity index (χ1) is 7.69. The van der Waals surface area contributed by atoms with E-state index in [-0.39, 0.29) is 0 Å². The quantitative estimate of drug-likeness (QED) is 0.712. The molecular weight excluding hydrogens is 259 g/mol. The summed E-state index contributed by atoms with van der Waals surface area (Å²) in [5.41, 5.74) is 4.59. The van der Waals surface area contributed by atoms with Crippen LogP contribution in [0.4, 0.5) is 11.4 Å². The summed E-state index contributed by atoms with van der Waals surface area (Å²) in [5.74, 6) is 0. The van der Waals surface area contributed by atoms with Gasteiger partial charge in [-0.1, -0.05) is 0 Å². The number of benzene rings is 2. The summed E-state index contributed by atoms with van der Waals surface area (Å²) in [7, 11) is 0. The van der Waals surface area contributed by atoms with E-state index in [0.29, 0.717) is 0 Å². The van der Waals surface area contributed by atoms with Gasteiger partial charge in [-0.2, -0.15) is 0 Å². The van der Waals surface area contributed by atoms with Gasteiger partial charge in [0.05, 0.1) is 0 Å². The fourth-order valence-corrected chi connectivity index (χ4v) is 7.10. The van der Waals surface area contributed by atoms with Crippen molar-refractivity contribution in [2.45, 2.75) is 5.71 Å². The van der Waals surface area contributed by atoms with Crippen molar-refractivity contribution in [1.82, 2.24) is 0 Å². The van der Waals surface area contributed by atoms with Gasteiger partial charge in [-0.25, -0.2) is 0 Å². The second-order valence-electron chi connectivity index (χ2n) is 4.23. The van der Waals surface area contributed by atoms with Crippen LogP contribution in [0.3, 0.4) is 0 Å². The van der Waals surface area contributed by atoms with E-state index < -0.39 is 13.8 Å². The Balaban J connectivity index is 2.28. The van der Waals surface area contributed by atoms with Gasteiger partial charge in [0, 0.05) is 0 Å². The number of hydrogen-bond donors (Lipinski definition) is 2. The number of para-hydroxylation sites is 2. The minimum absolute atomic E-state index is 1.18. The molecule has 0 unspecified atom stereocenters. The molecule has 2 aromatic rings. The van der Waals surface area contributed by atoms with E-state index in [1.807, 2.05) is 0 Å². The molecule has 0 atom stereocenters. The molecule has 1 aliphatic rings. The number of anilines is 2. The van der Waals surface area contributed by atoms with Gasteiger partial charge in [-0.05, 0) is 0 Å². The van der Waals surface area contributed by atoms with E-state index in [1.54, 1.807) is 0 Å². The molecule has 1 heterocycles. The molecule has 0 radical (unpaired) electrons. The van der Waals surface area contributed by atoms with Gasteiger partial charge in [0.2, 0.25) is 0 Å². The number of rotatable bonds is 0. The second-order valence-corrected chi connectivity index (χ2v) is 10.8. The van der Waals surface area contributed by atoms with E-state index in [1.165, 1.54) is 20.1 Å². The summed E-state index contributed by atoms with van der Waals surface area (Å²) in [4.78, 5) is 0. The standard InChI is InChI=1S/C13H14AsN2/c1-14(15)10-6-2-4-8-12(10)16-13-9-5-3-7-11(13)14/h2-9,16H,15H2,1H3/q+1. The molecule has 0 saturated carbocycles. The van der Waals surface area contributed by atoms with Crippen LogP contribution in [-0.2, 0) is 0 Å². The van der Waals surface area contributed by atoms with E-state index >= 15 is 0 Å². The molecule has 0 spiro atoms. The van der Waals surface area contributed by atoms with Crippen molar-refractivity contribution in [1.29, 1.82) is 0 Å². The Kier molecular flexibility index (Phi) is 2.10. The molecule has 2 nitrogen and oxygen atoms in total. The molecule has 1 aliphatic heterocycles. The van der Waals surface area contributed by atoms with Crippen molar-refractivity contribution in [2.24, 2.45) is 4.65 Å².